The normalized spacial score (nSPS) is 17.7. The molecule has 0 radical (unpaired) electrons. The van der Waals surface area contributed by atoms with Crippen LogP contribution in [-0.2, 0) is 0 Å². The van der Waals surface area contributed by atoms with Crippen LogP contribution < -0.4 is 5.32 Å². The van der Waals surface area contributed by atoms with Gasteiger partial charge in [-0.2, -0.15) is 0 Å². The predicted octanol–water partition coefficient (Wildman–Crippen LogP) is 6.28. The molecule has 0 saturated heterocycles. The number of carbonyl (C=O) groups excluding carboxylic acids is 1. The van der Waals surface area contributed by atoms with Crippen molar-refractivity contribution in [3.63, 3.8) is 0 Å². The summed E-state index contributed by atoms with van der Waals surface area (Å²) in [6.07, 6.45) is 10.2. The molecule has 0 spiro atoms. The number of rotatable bonds is 4. The van der Waals surface area contributed by atoms with Crippen molar-refractivity contribution in [1.82, 2.24) is 5.32 Å². The molecule has 1 aliphatic rings. The van der Waals surface area contributed by atoms with E-state index in [0.717, 1.165) is 22.3 Å². The van der Waals surface area contributed by atoms with Gasteiger partial charge in [0.15, 0.2) is 0 Å². The zero-order valence-corrected chi connectivity index (χ0v) is 17.0. The van der Waals surface area contributed by atoms with Crippen LogP contribution in [0.15, 0.2) is 57.6 Å². The van der Waals surface area contributed by atoms with E-state index in [-0.39, 0.29) is 11.3 Å². The first kappa shape index (κ1) is 19.2. The lowest BCUT2D eigenvalue weighted by Crippen LogP contribution is -2.19. The summed E-state index contributed by atoms with van der Waals surface area (Å²) in [6.45, 7) is 9.00. The van der Waals surface area contributed by atoms with Gasteiger partial charge >= 0.3 is 0 Å². The van der Waals surface area contributed by atoms with Crippen LogP contribution in [0.25, 0.3) is 17.0 Å². The standard InChI is InChI=1S/C24H29NO2/c1-16(8-11-21-17(2)7-6-12-24(21,3)4)13-20-14-18-9-10-19(23(26)25-5)15-22(18)27-20/h8-11,13-15H,6-7,12H2,1-5H3,(H,25,26)/b11-8?,16-13+. The maximum atomic E-state index is 11.8. The average Bonchev–Trinajstić information content (AvgIpc) is 3.01. The first-order valence-corrected chi connectivity index (χ1v) is 9.62. The third-order valence-corrected chi connectivity index (χ3v) is 5.45. The van der Waals surface area contributed by atoms with Crippen molar-refractivity contribution >= 4 is 23.0 Å². The Hall–Kier alpha value is -2.55. The Morgan fingerprint density at radius 1 is 1.26 bits per heavy atom. The van der Waals surface area contributed by atoms with Crippen LogP contribution in [0.4, 0.5) is 0 Å². The van der Waals surface area contributed by atoms with Gasteiger partial charge in [-0.15, -0.1) is 0 Å². The molecule has 0 saturated carbocycles. The Bertz CT molecular complexity index is 954. The van der Waals surface area contributed by atoms with Crippen molar-refractivity contribution in [2.45, 2.75) is 47.0 Å². The number of furan rings is 1. The molecule has 1 heterocycles. The van der Waals surface area contributed by atoms with Gasteiger partial charge in [0.1, 0.15) is 11.3 Å². The molecule has 27 heavy (non-hydrogen) atoms. The highest BCUT2D eigenvalue weighted by molar-refractivity contribution is 5.97. The van der Waals surface area contributed by atoms with Crippen molar-refractivity contribution in [3.05, 3.63) is 64.5 Å². The van der Waals surface area contributed by atoms with E-state index in [2.05, 4.69) is 45.2 Å². The highest BCUT2D eigenvalue weighted by atomic mass is 16.3. The summed E-state index contributed by atoms with van der Waals surface area (Å²) in [5.41, 5.74) is 5.68. The van der Waals surface area contributed by atoms with Gasteiger partial charge in [0.05, 0.1) is 0 Å². The summed E-state index contributed by atoms with van der Waals surface area (Å²) in [5, 5.41) is 3.63. The molecule has 0 bridgehead atoms. The minimum absolute atomic E-state index is 0.108. The van der Waals surface area contributed by atoms with Crippen molar-refractivity contribution in [2.24, 2.45) is 5.41 Å². The molecule has 1 aromatic heterocycles. The van der Waals surface area contributed by atoms with Crippen LogP contribution in [0.2, 0.25) is 0 Å². The number of hydrogen-bond donors (Lipinski definition) is 1. The van der Waals surface area contributed by atoms with Gasteiger partial charge in [-0.3, -0.25) is 4.79 Å². The molecule has 142 valence electrons. The van der Waals surface area contributed by atoms with Crippen LogP contribution in [-0.4, -0.2) is 13.0 Å². The fourth-order valence-corrected chi connectivity index (χ4v) is 3.91. The molecular formula is C24H29NO2. The molecule has 0 fully saturated rings. The number of allylic oxidation sites excluding steroid dienone is 5. The fraction of sp³-hybridized carbons (Fsp3) is 0.375. The van der Waals surface area contributed by atoms with Gasteiger partial charge in [0, 0.05) is 18.0 Å². The van der Waals surface area contributed by atoms with Gasteiger partial charge < -0.3 is 9.73 Å². The van der Waals surface area contributed by atoms with Crippen LogP contribution in [0.5, 0.6) is 0 Å². The first-order chi connectivity index (χ1) is 12.8. The predicted molar refractivity (Wildman–Crippen MR) is 113 cm³/mol. The van der Waals surface area contributed by atoms with Crippen molar-refractivity contribution in [3.8, 4) is 0 Å². The number of nitrogens with one attached hydrogen (secondary N) is 1. The number of carbonyl (C=O) groups is 1. The van der Waals surface area contributed by atoms with Gasteiger partial charge in [-0.1, -0.05) is 37.6 Å². The zero-order chi connectivity index (χ0) is 19.6. The summed E-state index contributed by atoms with van der Waals surface area (Å²) < 4.78 is 5.93. The number of benzene rings is 1. The van der Waals surface area contributed by atoms with E-state index in [9.17, 15) is 4.79 Å². The molecule has 1 amide bonds. The highest BCUT2D eigenvalue weighted by Gasteiger charge is 2.26. The van der Waals surface area contributed by atoms with E-state index < -0.39 is 0 Å². The summed E-state index contributed by atoms with van der Waals surface area (Å²) in [7, 11) is 1.63. The van der Waals surface area contributed by atoms with Gasteiger partial charge in [0.2, 0.25) is 0 Å². The molecule has 3 heteroatoms. The number of fused-ring (bicyclic) bond motifs is 1. The summed E-state index contributed by atoms with van der Waals surface area (Å²) in [6, 6.07) is 7.53. The number of amides is 1. The van der Waals surface area contributed by atoms with E-state index in [0.29, 0.717) is 5.56 Å². The Morgan fingerprint density at radius 2 is 2.04 bits per heavy atom. The molecule has 0 atom stereocenters. The van der Waals surface area contributed by atoms with E-state index in [1.807, 2.05) is 24.3 Å². The SMILES string of the molecule is CNC(=O)c1ccc2cc(/C=C(\C)C=CC3=C(C)CCCC3(C)C)oc2c1. The number of hydrogen-bond acceptors (Lipinski definition) is 2. The largest absolute Gasteiger partial charge is 0.457 e. The topological polar surface area (TPSA) is 42.2 Å². The summed E-state index contributed by atoms with van der Waals surface area (Å²) in [4.78, 5) is 11.8. The van der Waals surface area contributed by atoms with Crippen molar-refractivity contribution < 1.29 is 9.21 Å². The third-order valence-electron chi connectivity index (χ3n) is 5.45. The average molecular weight is 364 g/mol. The second-order valence-corrected chi connectivity index (χ2v) is 8.13. The second kappa shape index (κ2) is 7.59. The lowest BCUT2D eigenvalue weighted by molar-refractivity contribution is 0.0963. The molecule has 2 aromatic rings. The van der Waals surface area contributed by atoms with Crippen LogP contribution >= 0.6 is 0 Å². The Morgan fingerprint density at radius 3 is 2.74 bits per heavy atom. The van der Waals surface area contributed by atoms with Crippen LogP contribution in [0.1, 0.15) is 63.1 Å². The Balaban J connectivity index is 1.84. The van der Waals surface area contributed by atoms with E-state index >= 15 is 0 Å². The van der Waals surface area contributed by atoms with Crippen molar-refractivity contribution in [2.75, 3.05) is 7.05 Å². The lowest BCUT2D eigenvalue weighted by Gasteiger charge is -2.32. The molecular weight excluding hydrogens is 334 g/mol. The Kier molecular flexibility index (Phi) is 5.41. The molecule has 1 aliphatic carbocycles. The minimum atomic E-state index is -0.108. The lowest BCUT2D eigenvalue weighted by atomic mass is 9.72. The Labute approximate surface area is 161 Å². The van der Waals surface area contributed by atoms with Crippen LogP contribution in [0, 0.1) is 5.41 Å². The zero-order valence-electron chi connectivity index (χ0n) is 17.0. The molecule has 3 nitrogen and oxygen atoms in total. The summed E-state index contributed by atoms with van der Waals surface area (Å²) in [5.74, 6) is 0.693. The van der Waals surface area contributed by atoms with Gasteiger partial charge in [-0.25, -0.2) is 0 Å². The monoisotopic (exact) mass is 363 g/mol. The highest BCUT2D eigenvalue weighted by Crippen LogP contribution is 2.40. The quantitative estimate of drug-likeness (QED) is 0.650. The fourth-order valence-electron chi connectivity index (χ4n) is 3.91. The molecule has 0 unspecified atom stereocenters. The summed E-state index contributed by atoms with van der Waals surface area (Å²) >= 11 is 0. The molecule has 1 N–H and O–H groups in total. The molecule has 0 aliphatic heterocycles. The minimum Gasteiger partial charge on any atom is -0.457 e. The second-order valence-electron chi connectivity index (χ2n) is 8.13. The van der Waals surface area contributed by atoms with Gasteiger partial charge in [-0.05, 0) is 73.9 Å². The maximum absolute atomic E-state index is 11.8. The van der Waals surface area contributed by atoms with Crippen molar-refractivity contribution in [1.29, 1.82) is 0 Å². The smallest absolute Gasteiger partial charge is 0.251 e. The first-order valence-electron chi connectivity index (χ1n) is 9.62. The van der Waals surface area contributed by atoms with E-state index in [4.69, 9.17) is 4.42 Å². The molecule has 3 rings (SSSR count). The maximum Gasteiger partial charge on any atom is 0.251 e. The molecule has 1 aromatic carbocycles. The van der Waals surface area contributed by atoms with E-state index in [1.54, 1.807) is 13.1 Å². The van der Waals surface area contributed by atoms with Gasteiger partial charge in [0.25, 0.3) is 5.91 Å². The van der Waals surface area contributed by atoms with E-state index in [1.165, 1.54) is 30.4 Å². The van der Waals surface area contributed by atoms with Crippen LogP contribution in [0.3, 0.4) is 0 Å². The third kappa shape index (κ3) is 4.24.